The number of ether oxygens (including phenoxy) is 1. The molecule has 2 nitrogen and oxygen atoms in total. The van der Waals surface area contributed by atoms with Crippen LogP contribution in [0.5, 0.6) is 0 Å². The second-order valence-corrected chi connectivity index (χ2v) is 2.79. The van der Waals surface area contributed by atoms with Gasteiger partial charge in [0.05, 0.1) is 5.60 Å². The Labute approximate surface area is 67.2 Å². The van der Waals surface area contributed by atoms with E-state index in [-0.39, 0.29) is 5.60 Å². The van der Waals surface area contributed by atoms with Crippen molar-refractivity contribution in [3.8, 4) is 0 Å². The summed E-state index contributed by atoms with van der Waals surface area (Å²) in [6, 6.07) is 0. The predicted molar refractivity (Wildman–Crippen MR) is 44.5 cm³/mol. The van der Waals surface area contributed by atoms with E-state index < -0.39 is 0 Å². The molecule has 0 saturated carbocycles. The number of aliphatic hydroxyl groups is 1. The van der Waals surface area contributed by atoms with Crippen LogP contribution in [0.3, 0.4) is 0 Å². The van der Waals surface area contributed by atoms with Crippen LogP contribution in [0, 0.1) is 0 Å². The molecule has 11 heavy (non-hydrogen) atoms. The van der Waals surface area contributed by atoms with Crippen molar-refractivity contribution in [2.75, 3.05) is 7.11 Å². The first-order valence-electron chi connectivity index (χ1n) is 3.86. The number of hydrogen-bond acceptors (Lipinski definition) is 2. The Kier molecular flexibility index (Phi) is 2.35. The Balaban J connectivity index is 2.71. The second-order valence-electron chi connectivity index (χ2n) is 2.79. The summed E-state index contributed by atoms with van der Waals surface area (Å²) in [5, 5.41) is 9.05. The Morgan fingerprint density at radius 2 is 2.45 bits per heavy atom. The molecule has 0 aromatic carbocycles. The Morgan fingerprint density at radius 1 is 1.73 bits per heavy atom. The van der Waals surface area contributed by atoms with Gasteiger partial charge in [-0.25, -0.2) is 0 Å². The van der Waals surface area contributed by atoms with Crippen LogP contribution in [0.15, 0.2) is 24.0 Å². The lowest BCUT2D eigenvalue weighted by atomic mass is 9.92. The average Bonchev–Trinajstić information content (AvgIpc) is 2.07. The van der Waals surface area contributed by atoms with E-state index >= 15 is 0 Å². The highest BCUT2D eigenvalue weighted by atomic mass is 16.5. The van der Waals surface area contributed by atoms with Gasteiger partial charge in [-0.1, -0.05) is 6.92 Å². The minimum absolute atomic E-state index is 0.174. The summed E-state index contributed by atoms with van der Waals surface area (Å²) in [6.45, 7) is 2.07. The molecule has 0 radical (unpaired) electrons. The molecule has 1 rings (SSSR count). The van der Waals surface area contributed by atoms with E-state index in [1.165, 1.54) is 0 Å². The zero-order chi connectivity index (χ0) is 8.32. The van der Waals surface area contributed by atoms with Crippen LogP contribution in [-0.2, 0) is 4.74 Å². The molecular formula is C9H14O2. The maximum Gasteiger partial charge on any atom is 0.111 e. The number of allylic oxidation sites excluding steroid dienone is 1. The Hall–Kier alpha value is -0.760. The summed E-state index contributed by atoms with van der Waals surface area (Å²) in [6.07, 6.45) is 7.10. The summed E-state index contributed by atoms with van der Waals surface area (Å²) in [5.41, 5.74) is -0.174. The van der Waals surface area contributed by atoms with Gasteiger partial charge in [-0.3, -0.25) is 0 Å². The van der Waals surface area contributed by atoms with E-state index in [2.05, 4.69) is 6.92 Å². The third-order valence-electron chi connectivity index (χ3n) is 2.22. The molecule has 0 spiro atoms. The van der Waals surface area contributed by atoms with Gasteiger partial charge in [0.25, 0.3) is 0 Å². The van der Waals surface area contributed by atoms with Crippen molar-refractivity contribution in [3.05, 3.63) is 24.0 Å². The van der Waals surface area contributed by atoms with Crippen LogP contribution in [0.1, 0.15) is 19.8 Å². The molecule has 0 saturated heterocycles. The Morgan fingerprint density at radius 3 is 2.82 bits per heavy atom. The van der Waals surface area contributed by atoms with Crippen molar-refractivity contribution in [1.82, 2.24) is 0 Å². The lowest BCUT2D eigenvalue weighted by Gasteiger charge is -2.28. The van der Waals surface area contributed by atoms with Gasteiger partial charge in [-0.2, -0.15) is 0 Å². The third kappa shape index (κ3) is 1.63. The zero-order valence-electron chi connectivity index (χ0n) is 7.00. The van der Waals surface area contributed by atoms with Gasteiger partial charge in [0.1, 0.15) is 5.76 Å². The van der Waals surface area contributed by atoms with Crippen molar-refractivity contribution < 1.29 is 9.84 Å². The summed E-state index contributed by atoms with van der Waals surface area (Å²) in [5.74, 6) is 0.339. The van der Waals surface area contributed by atoms with Gasteiger partial charge in [-0.05, 0) is 24.6 Å². The fourth-order valence-electron chi connectivity index (χ4n) is 1.21. The standard InChI is InChI=1S/C9H14O2/c1-3-9(11-2)6-4-8(10)5-7-9/h4-6,10H,3,7H2,1-2H3. The van der Waals surface area contributed by atoms with Crippen LogP contribution < -0.4 is 0 Å². The molecule has 1 N–H and O–H groups in total. The van der Waals surface area contributed by atoms with Crippen LogP contribution in [0.25, 0.3) is 0 Å². The summed E-state index contributed by atoms with van der Waals surface area (Å²) in [4.78, 5) is 0. The molecule has 0 amide bonds. The SMILES string of the molecule is CCC1(OC)C=CC(O)=CC1. The van der Waals surface area contributed by atoms with Gasteiger partial charge in [0.2, 0.25) is 0 Å². The molecule has 1 unspecified atom stereocenters. The van der Waals surface area contributed by atoms with E-state index in [9.17, 15) is 0 Å². The van der Waals surface area contributed by atoms with E-state index in [0.29, 0.717) is 5.76 Å². The quantitative estimate of drug-likeness (QED) is 0.660. The topological polar surface area (TPSA) is 29.5 Å². The van der Waals surface area contributed by atoms with Gasteiger partial charge < -0.3 is 9.84 Å². The molecule has 0 aromatic rings. The molecule has 0 fully saturated rings. The largest absolute Gasteiger partial charge is 0.508 e. The normalized spacial score (nSPS) is 30.2. The van der Waals surface area contributed by atoms with Crippen LogP contribution in [0.4, 0.5) is 0 Å². The first-order chi connectivity index (χ1) is 5.22. The predicted octanol–water partition coefficient (Wildman–Crippen LogP) is 2.18. The highest BCUT2D eigenvalue weighted by molar-refractivity contribution is 5.22. The van der Waals surface area contributed by atoms with Crippen molar-refractivity contribution >= 4 is 0 Å². The smallest absolute Gasteiger partial charge is 0.111 e. The number of methoxy groups -OCH3 is 1. The average molecular weight is 154 g/mol. The minimum atomic E-state index is -0.174. The van der Waals surface area contributed by atoms with E-state index in [1.54, 1.807) is 19.3 Å². The zero-order valence-corrected chi connectivity index (χ0v) is 7.00. The molecule has 2 heteroatoms. The van der Waals surface area contributed by atoms with Crippen molar-refractivity contribution in [1.29, 1.82) is 0 Å². The van der Waals surface area contributed by atoms with Crippen LogP contribution in [-0.4, -0.2) is 17.8 Å². The number of hydrogen-bond donors (Lipinski definition) is 1. The lowest BCUT2D eigenvalue weighted by Crippen LogP contribution is -2.28. The van der Waals surface area contributed by atoms with E-state index in [4.69, 9.17) is 9.84 Å². The van der Waals surface area contributed by atoms with E-state index in [1.807, 2.05) is 6.08 Å². The minimum Gasteiger partial charge on any atom is -0.508 e. The summed E-state index contributed by atoms with van der Waals surface area (Å²) in [7, 11) is 1.70. The maximum atomic E-state index is 9.05. The van der Waals surface area contributed by atoms with Crippen molar-refractivity contribution in [3.63, 3.8) is 0 Å². The molecule has 1 atom stereocenters. The summed E-state index contributed by atoms with van der Waals surface area (Å²) < 4.78 is 5.33. The van der Waals surface area contributed by atoms with E-state index in [0.717, 1.165) is 12.8 Å². The highest BCUT2D eigenvalue weighted by Crippen LogP contribution is 2.26. The number of rotatable bonds is 2. The van der Waals surface area contributed by atoms with Crippen LogP contribution >= 0.6 is 0 Å². The molecule has 0 aliphatic heterocycles. The molecule has 0 aromatic heterocycles. The fraction of sp³-hybridized carbons (Fsp3) is 0.556. The first-order valence-corrected chi connectivity index (χ1v) is 3.86. The molecular weight excluding hydrogens is 140 g/mol. The molecule has 0 heterocycles. The fourth-order valence-corrected chi connectivity index (χ4v) is 1.21. The number of aliphatic hydroxyl groups excluding tert-OH is 1. The summed E-state index contributed by atoms with van der Waals surface area (Å²) >= 11 is 0. The first kappa shape index (κ1) is 8.34. The van der Waals surface area contributed by atoms with Gasteiger partial charge in [-0.15, -0.1) is 0 Å². The van der Waals surface area contributed by atoms with Crippen LogP contribution in [0.2, 0.25) is 0 Å². The van der Waals surface area contributed by atoms with Crippen molar-refractivity contribution in [2.24, 2.45) is 0 Å². The van der Waals surface area contributed by atoms with Gasteiger partial charge in [0.15, 0.2) is 0 Å². The monoisotopic (exact) mass is 154 g/mol. The third-order valence-corrected chi connectivity index (χ3v) is 2.22. The van der Waals surface area contributed by atoms with Gasteiger partial charge in [0, 0.05) is 13.5 Å². The molecule has 62 valence electrons. The van der Waals surface area contributed by atoms with Gasteiger partial charge >= 0.3 is 0 Å². The molecule has 1 aliphatic rings. The lowest BCUT2D eigenvalue weighted by molar-refractivity contribution is 0.0293. The second kappa shape index (κ2) is 3.09. The molecule has 1 aliphatic carbocycles. The van der Waals surface area contributed by atoms with Crippen molar-refractivity contribution in [2.45, 2.75) is 25.4 Å². The maximum absolute atomic E-state index is 9.05. The highest BCUT2D eigenvalue weighted by Gasteiger charge is 2.25. The Bertz CT molecular complexity index is 188. The molecule has 0 bridgehead atoms.